The lowest BCUT2D eigenvalue weighted by Gasteiger charge is -2.54. The van der Waals surface area contributed by atoms with Gasteiger partial charge in [-0.1, -0.05) is 13.8 Å². The first-order valence-electron chi connectivity index (χ1n) is 9.43. The summed E-state index contributed by atoms with van der Waals surface area (Å²) in [6.07, 6.45) is 5.54. The minimum Gasteiger partial charge on any atom is -0.393 e. The van der Waals surface area contributed by atoms with Crippen LogP contribution in [-0.4, -0.2) is 29.1 Å². The first-order chi connectivity index (χ1) is 11.2. The van der Waals surface area contributed by atoms with E-state index in [-0.39, 0.29) is 29.0 Å². The molecule has 7 atom stereocenters. The standard InChI is InChI=1S/C20H30O4/c1-12(22)6-9-20(11-21)10-15-14(13(2)18(20)24)7-8-19(3)16(15)4-5-17(19)23/h11,13-17,23H,4-10H2,1-3H3. The van der Waals surface area contributed by atoms with E-state index < -0.39 is 5.41 Å². The molecule has 0 amide bonds. The van der Waals surface area contributed by atoms with Gasteiger partial charge in [0, 0.05) is 12.3 Å². The summed E-state index contributed by atoms with van der Waals surface area (Å²) in [7, 11) is 0. The van der Waals surface area contributed by atoms with E-state index in [9.17, 15) is 19.5 Å². The average Bonchev–Trinajstić information content (AvgIpc) is 2.85. The Hall–Kier alpha value is -1.03. The van der Waals surface area contributed by atoms with Crippen LogP contribution in [0.5, 0.6) is 0 Å². The average molecular weight is 334 g/mol. The Morgan fingerprint density at radius 1 is 1.29 bits per heavy atom. The normalized spacial score (nSPS) is 47.8. The summed E-state index contributed by atoms with van der Waals surface area (Å²) in [4.78, 5) is 36.4. The highest BCUT2D eigenvalue weighted by Gasteiger charge is 2.60. The minimum atomic E-state index is -0.988. The Balaban J connectivity index is 1.92. The molecule has 0 radical (unpaired) electrons. The van der Waals surface area contributed by atoms with Gasteiger partial charge < -0.3 is 14.7 Å². The molecule has 3 fully saturated rings. The topological polar surface area (TPSA) is 71.4 Å². The van der Waals surface area contributed by atoms with Gasteiger partial charge in [-0.05, 0) is 68.6 Å². The van der Waals surface area contributed by atoms with Crippen molar-refractivity contribution >= 4 is 17.9 Å². The summed E-state index contributed by atoms with van der Waals surface area (Å²) in [6, 6.07) is 0. The van der Waals surface area contributed by atoms with Gasteiger partial charge in [-0.25, -0.2) is 0 Å². The predicted molar refractivity (Wildman–Crippen MR) is 90.3 cm³/mol. The van der Waals surface area contributed by atoms with Gasteiger partial charge in [0.1, 0.15) is 17.9 Å². The fourth-order valence-corrected chi connectivity index (χ4v) is 6.16. The van der Waals surface area contributed by atoms with E-state index in [2.05, 4.69) is 6.92 Å². The molecule has 0 aromatic heterocycles. The van der Waals surface area contributed by atoms with E-state index in [4.69, 9.17) is 0 Å². The van der Waals surface area contributed by atoms with Crippen molar-refractivity contribution < 1.29 is 19.5 Å². The van der Waals surface area contributed by atoms with Gasteiger partial charge in [0.15, 0.2) is 0 Å². The third-order valence-electron chi connectivity index (χ3n) is 7.74. The number of ketones is 2. The molecule has 3 aliphatic carbocycles. The van der Waals surface area contributed by atoms with Crippen LogP contribution < -0.4 is 0 Å². The SMILES string of the molecule is CC(=O)CCC1(C=O)CC2C(CCC3(C)C(O)CCC23)C(C)C1=O. The zero-order chi connectivity index (χ0) is 17.7. The maximum absolute atomic E-state index is 13.0. The van der Waals surface area contributed by atoms with Crippen LogP contribution in [0.2, 0.25) is 0 Å². The van der Waals surface area contributed by atoms with Crippen molar-refractivity contribution in [3.63, 3.8) is 0 Å². The number of rotatable bonds is 4. The van der Waals surface area contributed by atoms with Gasteiger partial charge >= 0.3 is 0 Å². The summed E-state index contributed by atoms with van der Waals surface area (Å²) >= 11 is 0. The molecule has 0 aromatic rings. The molecule has 4 nitrogen and oxygen atoms in total. The molecule has 3 aliphatic rings. The minimum absolute atomic E-state index is 0.0311. The van der Waals surface area contributed by atoms with Gasteiger partial charge in [-0.15, -0.1) is 0 Å². The lowest BCUT2D eigenvalue weighted by molar-refractivity contribution is -0.154. The fourth-order valence-electron chi connectivity index (χ4n) is 6.16. The smallest absolute Gasteiger partial charge is 0.149 e. The number of carbonyl (C=O) groups excluding carboxylic acids is 3. The summed E-state index contributed by atoms with van der Waals surface area (Å²) in [5.41, 5.74) is -1.06. The van der Waals surface area contributed by atoms with Crippen molar-refractivity contribution in [2.45, 2.75) is 71.8 Å². The van der Waals surface area contributed by atoms with Crippen molar-refractivity contribution in [3.05, 3.63) is 0 Å². The second kappa shape index (κ2) is 6.05. The molecule has 0 aliphatic heterocycles. The Kier molecular flexibility index (Phi) is 4.48. The van der Waals surface area contributed by atoms with Crippen LogP contribution in [0, 0.1) is 34.5 Å². The zero-order valence-electron chi connectivity index (χ0n) is 15.1. The maximum atomic E-state index is 13.0. The Morgan fingerprint density at radius 3 is 2.62 bits per heavy atom. The van der Waals surface area contributed by atoms with Crippen molar-refractivity contribution in [2.24, 2.45) is 34.5 Å². The Morgan fingerprint density at radius 2 is 2.00 bits per heavy atom. The van der Waals surface area contributed by atoms with Crippen molar-refractivity contribution in [2.75, 3.05) is 0 Å². The van der Waals surface area contributed by atoms with E-state index in [0.29, 0.717) is 37.0 Å². The van der Waals surface area contributed by atoms with Crippen LogP contribution in [-0.2, 0) is 14.4 Å². The van der Waals surface area contributed by atoms with Gasteiger partial charge in [0.25, 0.3) is 0 Å². The lowest BCUT2D eigenvalue weighted by atomic mass is 9.49. The van der Waals surface area contributed by atoms with E-state index in [1.165, 1.54) is 6.92 Å². The molecule has 4 heteroatoms. The Labute approximate surface area is 144 Å². The van der Waals surface area contributed by atoms with Crippen LogP contribution in [0.25, 0.3) is 0 Å². The van der Waals surface area contributed by atoms with E-state index in [1.54, 1.807) is 0 Å². The molecule has 3 saturated carbocycles. The predicted octanol–water partition coefficient (Wildman–Crippen LogP) is 2.95. The van der Waals surface area contributed by atoms with Crippen LogP contribution in [0.4, 0.5) is 0 Å². The number of aldehydes is 1. The molecular weight excluding hydrogens is 304 g/mol. The highest BCUT2D eigenvalue weighted by Crippen LogP contribution is 2.62. The van der Waals surface area contributed by atoms with E-state index >= 15 is 0 Å². The van der Waals surface area contributed by atoms with Gasteiger partial charge in [-0.3, -0.25) is 4.79 Å². The molecule has 7 unspecified atom stereocenters. The second-order valence-electron chi connectivity index (χ2n) is 8.90. The number of Topliss-reactive ketones (excluding diaryl/α,β-unsaturated/α-hetero) is 2. The molecule has 0 spiro atoms. The molecule has 134 valence electrons. The van der Waals surface area contributed by atoms with Crippen molar-refractivity contribution in [1.29, 1.82) is 0 Å². The van der Waals surface area contributed by atoms with Crippen molar-refractivity contribution in [1.82, 2.24) is 0 Å². The number of aliphatic hydroxyl groups excluding tert-OH is 1. The maximum Gasteiger partial charge on any atom is 0.149 e. The summed E-state index contributed by atoms with van der Waals surface area (Å²) in [5.74, 6) is 0.976. The van der Waals surface area contributed by atoms with Gasteiger partial charge in [0.2, 0.25) is 0 Å². The molecular formula is C20H30O4. The monoisotopic (exact) mass is 334 g/mol. The highest BCUT2D eigenvalue weighted by molar-refractivity contribution is 6.00. The van der Waals surface area contributed by atoms with Gasteiger partial charge in [-0.2, -0.15) is 0 Å². The highest BCUT2D eigenvalue weighted by atomic mass is 16.3. The molecule has 0 aromatic carbocycles. The molecule has 3 rings (SSSR count). The number of fused-ring (bicyclic) bond motifs is 3. The van der Waals surface area contributed by atoms with Gasteiger partial charge in [0.05, 0.1) is 11.5 Å². The zero-order valence-corrected chi connectivity index (χ0v) is 15.1. The fraction of sp³-hybridized carbons (Fsp3) is 0.850. The Bertz CT molecular complexity index is 556. The molecule has 0 saturated heterocycles. The first-order valence-corrected chi connectivity index (χ1v) is 9.43. The third kappa shape index (κ3) is 2.49. The number of hydrogen-bond donors (Lipinski definition) is 1. The number of aliphatic hydroxyl groups is 1. The molecule has 0 heterocycles. The lowest BCUT2D eigenvalue weighted by Crippen LogP contribution is -2.54. The van der Waals surface area contributed by atoms with Crippen LogP contribution >= 0.6 is 0 Å². The number of carbonyl (C=O) groups is 3. The molecule has 0 bridgehead atoms. The third-order valence-corrected chi connectivity index (χ3v) is 7.74. The second-order valence-corrected chi connectivity index (χ2v) is 8.90. The molecule has 24 heavy (non-hydrogen) atoms. The summed E-state index contributed by atoms with van der Waals surface area (Å²) < 4.78 is 0. The van der Waals surface area contributed by atoms with Crippen LogP contribution in [0.1, 0.15) is 65.7 Å². The molecule has 1 N–H and O–H groups in total. The van der Waals surface area contributed by atoms with Crippen LogP contribution in [0.3, 0.4) is 0 Å². The largest absolute Gasteiger partial charge is 0.393 e. The van der Waals surface area contributed by atoms with Crippen LogP contribution in [0.15, 0.2) is 0 Å². The van der Waals surface area contributed by atoms with Crippen molar-refractivity contribution in [3.8, 4) is 0 Å². The quantitative estimate of drug-likeness (QED) is 0.634. The summed E-state index contributed by atoms with van der Waals surface area (Å²) in [6.45, 7) is 5.67. The summed E-state index contributed by atoms with van der Waals surface area (Å²) in [5, 5.41) is 10.5. The number of hydrogen-bond acceptors (Lipinski definition) is 4. The first kappa shape index (κ1) is 17.8. The van der Waals surface area contributed by atoms with E-state index in [0.717, 1.165) is 32.0 Å². The van der Waals surface area contributed by atoms with E-state index in [1.807, 2.05) is 6.92 Å².